The highest BCUT2D eigenvalue weighted by atomic mass is 16.3. The topological polar surface area (TPSA) is 21.3 Å². The second-order valence-electron chi connectivity index (χ2n) is 17.6. The molecule has 0 saturated carbocycles. The van der Waals surface area contributed by atoms with Gasteiger partial charge in [-0.2, -0.15) is 0 Å². The largest absolute Gasteiger partial charge is 0.455 e. The van der Waals surface area contributed by atoms with E-state index in [1.54, 1.807) is 0 Å². The maximum Gasteiger partial charge on any atom is 0.143 e. The Labute approximate surface area is 371 Å². The van der Waals surface area contributed by atoms with Crippen LogP contribution in [0.4, 0.5) is 17.1 Å². The fourth-order valence-electron chi connectivity index (χ4n) is 10.8. The van der Waals surface area contributed by atoms with Crippen molar-refractivity contribution in [3.8, 4) is 39.1 Å². The Hall–Kier alpha value is -8.14. The van der Waals surface area contributed by atoms with Crippen LogP contribution in [-0.2, 0) is 5.41 Å². The predicted molar refractivity (Wildman–Crippen MR) is 269 cm³/mol. The van der Waals surface area contributed by atoms with E-state index < -0.39 is 0 Å². The summed E-state index contributed by atoms with van der Waals surface area (Å²) in [6.45, 7) is 4.73. The Bertz CT molecular complexity index is 3780. The molecule has 3 nitrogen and oxygen atoms in total. The van der Waals surface area contributed by atoms with E-state index in [0.717, 1.165) is 72.3 Å². The van der Waals surface area contributed by atoms with Crippen molar-refractivity contribution in [2.75, 3.05) is 4.90 Å². The first-order valence-corrected chi connectivity index (χ1v) is 22.2. The van der Waals surface area contributed by atoms with Crippen LogP contribution in [0, 0.1) is 0 Å². The third kappa shape index (κ3) is 5.34. The monoisotopic (exact) mass is 818 g/mol. The van der Waals surface area contributed by atoms with Gasteiger partial charge in [0.05, 0.1) is 22.4 Å². The normalized spacial score (nSPS) is 13.0. The number of nitrogens with zero attached hydrogens (tertiary/aromatic N) is 2. The Kier molecular flexibility index (Phi) is 7.95. The Morgan fingerprint density at radius 3 is 1.86 bits per heavy atom. The van der Waals surface area contributed by atoms with Crippen molar-refractivity contribution in [1.29, 1.82) is 0 Å². The van der Waals surface area contributed by atoms with Gasteiger partial charge in [0, 0.05) is 54.8 Å². The number of furan rings is 1. The third-order valence-corrected chi connectivity index (χ3v) is 13.8. The summed E-state index contributed by atoms with van der Waals surface area (Å²) in [5.41, 5.74) is 18.2. The SMILES string of the molecule is CC1(C)c2ccccc2-c2c(N(c3cccc(-n4c5ccccc5c5ccccc54)c3)c3cccc(-c4ccc5c(c4)oc4c6ccccc6ccc54)c3-c3ccccc3)cccc21. The van der Waals surface area contributed by atoms with Crippen molar-refractivity contribution in [3.63, 3.8) is 0 Å². The zero-order valence-corrected chi connectivity index (χ0v) is 35.6. The maximum absolute atomic E-state index is 6.79. The second kappa shape index (κ2) is 13.9. The van der Waals surface area contributed by atoms with Gasteiger partial charge in [-0.3, -0.25) is 0 Å². The van der Waals surface area contributed by atoms with Gasteiger partial charge in [0.2, 0.25) is 0 Å². The summed E-state index contributed by atoms with van der Waals surface area (Å²) in [7, 11) is 0. The summed E-state index contributed by atoms with van der Waals surface area (Å²) in [5, 5.41) is 7.04. The first kappa shape index (κ1) is 36.5. The minimum absolute atomic E-state index is 0.171. The molecule has 0 radical (unpaired) electrons. The van der Waals surface area contributed by atoms with Crippen LogP contribution in [0.2, 0.25) is 0 Å². The predicted octanol–water partition coefficient (Wildman–Crippen LogP) is 16.9. The first-order chi connectivity index (χ1) is 31.5. The minimum Gasteiger partial charge on any atom is -0.455 e. The zero-order valence-electron chi connectivity index (χ0n) is 35.6. The number of fused-ring (bicyclic) bond motifs is 11. The fraction of sp³-hybridized carbons (Fsp3) is 0.0492. The number of anilines is 3. The molecule has 13 rings (SSSR count). The van der Waals surface area contributed by atoms with Gasteiger partial charge in [0.25, 0.3) is 0 Å². The molecule has 0 spiro atoms. The number of rotatable bonds is 6. The van der Waals surface area contributed by atoms with Gasteiger partial charge in [-0.25, -0.2) is 0 Å². The molecule has 2 aromatic heterocycles. The minimum atomic E-state index is -0.171. The van der Waals surface area contributed by atoms with Crippen LogP contribution < -0.4 is 4.90 Å². The van der Waals surface area contributed by atoms with Crippen molar-refractivity contribution < 1.29 is 4.42 Å². The van der Waals surface area contributed by atoms with E-state index in [9.17, 15) is 0 Å². The molecule has 10 aromatic carbocycles. The van der Waals surface area contributed by atoms with Crippen LogP contribution in [-0.4, -0.2) is 4.57 Å². The smallest absolute Gasteiger partial charge is 0.143 e. The van der Waals surface area contributed by atoms with Gasteiger partial charge in [0.15, 0.2) is 0 Å². The van der Waals surface area contributed by atoms with E-state index in [-0.39, 0.29) is 5.41 Å². The highest BCUT2D eigenvalue weighted by molar-refractivity contribution is 6.16. The van der Waals surface area contributed by atoms with Crippen molar-refractivity contribution >= 4 is 71.6 Å². The molecule has 0 saturated heterocycles. The standard InChI is InChI=1S/C61H42N2O/c1-61(2)51-27-11-8-25-50(51)59-52(61)28-16-32-56(59)63(43-21-14-20-42(38-43)62-53-29-12-9-23-46(53)47-24-10-13-30-54(47)62)55-31-15-26-44(58(55)40-18-4-3-5-19-40)41-34-35-48-49-36-33-39-17-6-7-22-45(39)60(49)64-57(48)37-41/h3-38H,1-2H3. The van der Waals surface area contributed by atoms with Crippen LogP contribution >= 0.6 is 0 Å². The molecule has 12 aromatic rings. The molecule has 64 heavy (non-hydrogen) atoms. The lowest BCUT2D eigenvalue weighted by Crippen LogP contribution is -2.16. The zero-order chi connectivity index (χ0) is 42.5. The summed E-state index contributed by atoms with van der Waals surface area (Å²) in [6, 6.07) is 79.8. The lowest BCUT2D eigenvalue weighted by molar-refractivity contribution is 0.660. The Morgan fingerprint density at radius 2 is 1.05 bits per heavy atom. The number of benzene rings is 10. The molecule has 0 unspecified atom stereocenters. The van der Waals surface area contributed by atoms with E-state index in [1.807, 2.05) is 0 Å². The summed E-state index contributed by atoms with van der Waals surface area (Å²) in [4.78, 5) is 2.52. The lowest BCUT2D eigenvalue weighted by atomic mass is 9.82. The average Bonchev–Trinajstić information content (AvgIpc) is 3.97. The van der Waals surface area contributed by atoms with E-state index in [2.05, 4.69) is 242 Å². The summed E-state index contributed by atoms with van der Waals surface area (Å²) >= 11 is 0. The number of hydrogen-bond donors (Lipinski definition) is 0. The second-order valence-corrected chi connectivity index (χ2v) is 17.6. The van der Waals surface area contributed by atoms with Crippen LogP contribution in [0.25, 0.3) is 93.6 Å². The molecule has 3 heteroatoms. The molecule has 1 aliphatic carbocycles. The molecule has 0 atom stereocenters. The van der Waals surface area contributed by atoms with Gasteiger partial charge in [-0.15, -0.1) is 0 Å². The van der Waals surface area contributed by atoms with Gasteiger partial charge in [-0.05, 0) is 99.4 Å². The highest BCUT2D eigenvalue weighted by Crippen LogP contribution is 2.56. The van der Waals surface area contributed by atoms with Crippen molar-refractivity contribution in [3.05, 3.63) is 230 Å². The van der Waals surface area contributed by atoms with Gasteiger partial charge >= 0.3 is 0 Å². The maximum atomic E-state index is 6.79. The van der Waals surface area contributed by atoms with E-state index in [4.69, 9.17) is 4.42 Å². The average molecular weight is 819 g/mol. The summed E-state index contributed by atoms with van der Waals surface area (Å²) in [5.74, 6) is 0. The van der Waals surface area contributed by atoms with Crippen LogP contribution in [0.3, 0.4) is 0 Å². The van der Waals surface area contributed by atoms with Gasteiger partial charge in [-0.1, -0.05) is 172 Å². The molecule has 0 N–H and O–H groups in total. The van der Waals surface area contributed by atoms with E-state index in [1.165, 1.54) is 49.4 Å². The van der Waals surface area contributed by atoms with Gasteiger partial charge in [0.1, 0.15) is 11.2 Å². The molecular weight excluding hydrogens is 777 g/mol. The third-order valence-electron chi connectivity index (χ3n) is 13.8. The molecule has 1 aliphatic rings. The van der Waals surface area contributed by atoms with Crippen molar-refractivity contribution in [2.45, 2.75) is 19.3 Å². The number of para-hydroxylation sites is 2. The molecule has 0 fully saturated rings. The van der Waals surface area contributed by atoms with Crippen LogP contribution in [0.5, 0.6) is 0 Å². The molecule has 2 heterocycles. The molecular formula is C61H42N2O. The Morgan fingerprint density at radius 1 is 0.422 bits per heavy atom. The molecule has 0 amide bonds. The first-order valence-electron chi connectivity index (χ1n) is 22.2. The summed E-state index contributed by atoms with van der Waals surface area (Å²) < 4.78 is 9.21. The molecule has 0 aliphatic heterocycles. The van der Waals surface area contributed by atoms with Crippen molar-refractivity contribution in [1.82, 2.24) is 4.57 Å². The van der Waals surface area contributed by atoms with E-state index in [0.29, 0.717) is 0 Å². The molecule has 0 bridgehead atoms. The van der Waals surface area contributed by atoms with Gasteiger partial charge < -0.3 is 13.9 Å². The van der Waals surface area contributed by atoms with Crippen molar-refractivity contribution in [2.24, 2.45) is 0 Å². The van der Waals surface area contributed by atoms with E-state index >= 15 is 0 Å². The van der Waals surface area contributed by atoms with Crippen LogP contribution in [0.1, 0.15) is 25.0 Å². The summed E-state index contributed by atoms with van der Waals surface area (Å²) in [6.07, 6.45) is 0. The Balaban J connectivity index is 1.09. The number of aromatic nitrogens is 1. The van der Waals surface area contributed by atoms with Crippen LogP contribution in [0.15, 0.2) is 223 Å². The highest BCUT2D eigenvalue weighted by Gasteiger charge is 2.38. The quantitative estimate of drug-likeness (QED) is 0.167. The molecule has 302 valence electrons. The lowest BCUT2D eigenvalue weighted by Gasteiger charge is -2.32. The number of hydrogen-bond acceptors (Lipinski definition) is 2. The fourth-order valence-corrected chi connectivity index (χ4v) is 10.8.